The summed E-state index contributed by atoms with van der Waals surface area (Å²) in [5.41, 5.74) is 1.35. The van der Waals surface area contributed by atoms with Gasteiger partial charge in [0.05, 0.1) is 4.92 Å². The summed E-state index contributed by atoms with van der Waals surface area (Å²) in [4.78, 5) is 36.9. The van der Waals surface area contributed by atoms with Gasteiger partial charge in [-0.3, -0.25) is 19.7 Å². The van der Waals surface area contributed by atoms with Crippen LogP contribution in [0.1, 0.15) is 34.6 Å². The van der Waals surface area contributed by atoms with Crippen molar-refractivity contribution in [2.45, 2.75) is 13.8 Å². The standard InChI is InChI=1S/C19H22N4O4/c1-4-22(5-2)19(25)13-6-9-15(10-7-13)21-18(24)14-8-11-16(20-3)17(12-14)23(26)27/h6-12,20H,4-5H2,1-3H3,(H,21,24). The topological polar surface area (TPSA) is 105 Å². The number of hydrogen-bond acceptors (Lipinski definition) is 5. The maximum Gasteiger partial charge on any atom is 0.293 e. The molecule has 0 aliphatic rings. The average molecular weight is 370 g/mol. The van der Waals surface area contributed by atoms with E-state index in [-0.39, 0.29) is 17.2 Å². The van der Waals surface area contributed by atoms with Crippen LogP contribution >= 0.6 is 0 Å². The lowest BCUT2D eigenvalue weighted by molar-refractivity contribution is -0.384. The quantitative estimate of drug-likeness (QED) is 0.574. The fourth-order valence-corrected chi connectivity index (χ4v) is 2.63. The number of carbonyl (C=O) groups excluding carboxylic acids is 2. The van der Waals surface area contributed by atoms with E-state index in [2.05, 4.69) is 10.6 Å². The Labute approximate surface area is 157 Å². The Morgan fingerprint density at radius 2 is 1.63 bits per heavy atom. The normalized spacial score (nSPS) is 10.2. The fraction of sp³-hybridized carbons (Fsp3) is 0.263. The number of nitro groups is 1. The number of carbonyl (C=O) groups is 2. The summed E-state index contributed by atoms with van der Waals surface area (Å²) in [6.45, 7) is 5.06. The SMILES string of the molecule is CCN(CC)C(=O)c1ccc(NC(=O)c2ccc(NC)c([N+](=O)[O-])c2)cc1. The molecule has 27 heavy (non-hydrogen) atoms. The third-order valence-electron chi connectivity index (χ3n) is 4.17. The summed E-state index contributed by atoms with van der Waals surface area (Å²) >= 11 is 0. The van der Waals surface area contributed by atoms with E-state index in [1.54, 1.807) is 36.2 Å². The van der Waals surface area contributed by atoms with Gasteiger partial charge in [-0.2, -0.15) is 0 Å². The molecule has 0 bridgehead atoms. The lowest BCUT2D eigenvalue weighted by atomic mass is 10.1. The molecule has 0 fully saturated rings. The largest absolute Gasteiger partial charge is 0.383 e. The molecule has 2 amide bonds. The van der Waals surface area contributed by atoms with Gasteiger partial charge in [0, 0.05) is 43.0 Å². The van der Waals surface area contributed by atoms with E-state index in [1.165, 1.54) is 18.2 Å². The summed E-state index contributed by atoms with van der Waals surface area (Å²) in [7, 11) is 1.57. The summed E-state index contributed by atoms with van der Waals surface area (Å²) in [5, 5.41) is 16.5. The van der Waals surface area contributed by atoms with Crippen molar-refractivity contribution in [2.24, 2.45) is 0 Å². The lowest BCUT2D eigenvalue weighted by Crippen LogP contribution is -2.30. The molecule has 0 aliphatic carbocycles. The maximum absolute atomic E-state index is 12.4. The van der Waals surface area contributed by atoms with Gasteiger partial charge in [0.1, 0.15) is 5.69 Å². The maximum atomic E-state index is 12.4. The van der Waals surface area contributed by atoms with Crippen LogP contribution in [0, 0.1) is 10.1 Å². The molecule has 0 atom stereocenters. The van der Waals surface area contributed by atoms with Gasteiger partial charge in [-0.1, -0.05) is 0 Å². The van der Waals surface area contributed by atoms with Gasteiger partial charge in [0.15, 0.2) is 0 Å². The second-order valence-corrected chi connectivity index (χ2v) is 5.75. The van der Waals surface area contributed by atoms with Crippen molar-refractivity contribution < 1.29 is 14.5 Å². The summed E-state index contributed by atoms with van der Waals surface area (Å²) in [6, 6.07) is 10.8. The van der Waals surface area contributed by atoms with Gasteiger partial charge in [-0.15, -0.1) is 0 Å². The molecule has 8 heteroatoms. The molecule has 0 spiro atoms. The van der Waals surface area contributed by atoms with Gasteiger partial charge in [-0.05, 0) is 50.2 Å². The molecular formula is C19H22N4O4. The molecule has 0 radical (unpaired) electrons. The zero-order valence-electron chi connectivity index (χ0n) is 15.5. The fourth-order valence-electron chi connectivity index (χ4n) is 2.63. The first-order valence-electron chi connectivity index (χ1n) is 8.58. The molecule has 2 rings (SSSR count). The number of anilines is 2. The van der Waals surface area contributed by atoms with Crippen LogP contribution in [0.2, 0.25) is 0 Å². The van der Waals surface area contributed by atoms with E-state index < -0.39 is 10.8 Å². The summed E-state index contributed by atoms with van der Waals surface area (Å²) < 4.78 is 0. The van der Waals surface area contributed by atoms with Crippen molar-refractivity contribution in [1.29, 1.82) is 0 Å². The molecule has 0 heterocycles. The van der Waals surface area contributed by atoms with E-state index in [0.29, 0.717) is 30.0 Å². The van der Waals surface area contributed by atoms with Gasteiger partial charge in [0.25, 0.3) is 17.5 Å². The molecule has 2 N–H and O–H groups in total. The first-order chi connectivity index (χ1) is 12.9. The second kappa shape index (κ2) is 8.79. The summed E-state index contributed by atoms with van der Waals surface area (Å²) in [6.07, 6.45) is 0. The van der Waals surface area contributed by atoms with Gasteiger partial charge >= 0.3 is 0 Å². The van der Waals surface area contributed by atoms with Crippen molar-refractivity contribution in [1.82, 2.24) is 4.90 Å². The van der Waals surface area contributed by atoms with Crippen LogP contribution < -0.4 is 10.6 Å². The van der Waals surface area contributed by atoms with E-state index in [9.17, 15) is 19.7 Å². The Morgan fingerprint density at radius 1 is 1.04 bits per heavy atom. The molecule has 2 aromatic carbocycles. The van der Waals surface area contributed by atoms with E-state index >= 15 is 0 Å². The molecule has 142 valence electrons. The highest BCUT2D eigenvalue weighted by molar-refractivity contribution is 6.05. The minimum atomic E-state index is -0.545. The second-order valence-electron chi connectivity index (χ2n) is 5.75. The molecule has 0 aliphatic heterocycles. The van der Waals surface area contributed by atoms with Crippen molar-refractivity contribution in [2.75, 3.05) is 30.8 Å². The zero-order valence-corrected chi connectivity index (χ0v) is 15.5. The van der Waals surface area contributed by atoms with Crippen LogP contribution in [0.25, 0.3) is 0 Å². The van der Waals surface area contributed by atoms with E-state index in [1.807, 2.05) is 13.8 Å². The molecule has 2 aromatic rings. The number of nitro benzene ring substituents is 1. The Balaban J connectivity index is 2.15. The average Bonchev–Trinajstić information content (AvgIpc) is 2.68. The Kier molecular flexibility index (Phi) is 6.48. The Bertz CT molecular complexity index is 845. The van der Waals surface area contributed by atoms with Crippen molar-refractivity contribution >= 4 is 28.9 Å². The highest BCUT2D eigenvalue weighted by atomic mass is 16.6. The monoisotopic (exact) mass is 370 g/mol. The lowest BCUT2D eigenvalue weighted by Gasteiger charge is -2.18. The van der Waals surface area contributed by atoms with Gasteiger partial charge in [0.2, 0.25) is 0 Å². The molecule has 0 unspecified atom stereocenters. The highest BCUT2D eigenvalue weighted by Gasteiger charge is 2.17. The first kappa shape index (κ1) is 19.9. The third-order valence-corrected chi connectivity index (χ3v) is 4.17. The number of benzene rings is 2. The highest BCUT2D eigenvalue weighted by Crippen LogP contribution is 2.25. The van der Waals surface area contributed by atoms with Crippen molar-refractivity contribution in [3.8, 4) is 0 Å². The van der Waals surface area contributed by atoms with E-state index in [0.717, 1.165) is 0 Å². The smallest absolute Gasteiger partial charge is 0.293 e. The number of nitrogens with one attached hydrogen (secondary N) is 2. The zero-order chi connectivity index (χ0) is 20.0. The van der Waals surface area contributed by atoms with Crippen LogP contribution in [0.3, 0.4) is 0 Å². The summed E-state index contributed by atoms with van der Waals surface area (Å²) in [5.74, 6) is -0.542. The van der Waals surface area contributed by atoms with Gasteiger partial charge < -0.3 is 15.5 Å². The Morgan fingerprint density at radius 3 is 2.15 bits per heavy atom. The van der Waals surface area contributed by atoms with Crippen LogP contribution in [-0.2, 0) is 0 Å². The first-order valence-corrected chi connectivity index (χ1v) is 8.58. The van der Waals surface area contributed by atoms with E-state index in [4.69, 9.17) is 0 Å². The van der Waals surface area contributed by atoms with Crippen LogP contribution in [0.4, 0.5) is 17.1 Å². The van der Waals surface area contributed by atoms with Crippen LogP contribution in [0.15, 0.2) is 42.5 Å². The van der Waals surface area contributed by atoms with Crippen LogP contribution in [0.5, 0.6) is 0 Å². The Hall–Kier alpha value is -3.42. The number of rotatable bonds is 7. The minimum Gasteiger partial charge on any atom is -0.383 e. The predicted molar refractivity (Wildman–Crippen MR) is 104 cm³/mol. The van der Waals surface area contributed by atoms with Crippen molar-refractivity contribution in [3.05, 3.63) is 63.7 Å². The molecule has 8 nitrogen and oxygen atoms in total. The molecule has 0 saturated carbocycles. The molecule has 0 saturated heterocycles. The van der Waals surface area contributed by atoms with Crippen molar-refractivity contribution in [3.63, 3.8) is 0 Å². The number of hydrogen-bond donors (Lipinski definition) is 2. The molecular weight excluding hydrogens is 348 g/mol. The molecule has 0 aromatic heterocycles. The third kappa shape index (κ3) is 4.60. The minimum absolute atomic E-state index is 0.0730. The van der Waals surface area contributed by atoms with Gasteiger partial charge in [-0.25, -0.2) is 0 Å². The predicted octanol–water partition coefficient (Wildman–Crippen LogP) is 3.37. The number of nitrogens with zero attached hydrogens (tertiary/aromatic N) is 2. The van der Waals surface area contributed by atoms with Crippen LogP contribution in [-0.4, -0.2) is 41.8 Å². The number of amides is 2.